The summed E-state index contributed by atoms with van der Waals surface area (Å²) < 4.78 is 0. The maximum absolute atomic E-state index is 11.2. The second-order valence-corrected chi connectivity index (χ2v) is 3.04. The van der Waals surface area contributed by atoms with Crippen LogP contribution in [0, 0.1) is 0 Å². The van der Waals surface area contributed by atoms with Crippen molar-refractivity contribution >= 4 is 5.91 Å². The van der Waals surface area contributed by atoms with E-state index in [1.807, 2.05) is 6.92 Å². The molecule has 0 atom stereocenters. The van der Waals surface area contributed by atoms with Gasteiger partial charge in [0.05, 0.1) is 0 Å². The third kappa shape index (κ3) is 6.34. The zero-order valence-electron chi connectivity index (χ0n) is 8.49. The lowest BCUT2D eigenvalue weighted by Gasteiger charge is -2.14. The van der Waals surface area contributed by atoms with Crippen LogP contribution in [0.2, 0.25) is 0 Å². The second kappa shape index (κ2) is 7.80. The van der Waals surface area contributed by atoms with E-state index < -0.39 is 0 Å². The lowest BCUT2D eigenvalue weighted by molar-refractivity contribution is -0.124. The summed E-state index contributed by atoms with van der Waals surface area (Å²) in [5, 5.41) is 8.53. The zero-order valence-corrected chi connectivity index (χ0v) is 8.49. The molecule has 0 aliphatic heterocycles. The van der Waals surface area contributed by atoms with E-state index in [4.69, 9.17) is 5.11 Å². The Morgan fingerprint density at radius 1 is 1.38 bits per heavy atom. The van der Waals surface area contributed by atoms with Crippen LogP contribution in [-0.4, -0.2) is 36.1 Å². The predicted octanol–water partition coefficient (Wildman–Crippen LogP) is 1.18. The van der Waals surface area contributed by atoms with Gasteiger partial charge in [-0.2, -0.15) is 0 Å². The van der Waals surface area contributed by atoms with Crippen LogP contribution in [0.4, 0.5) is 0 Å². The quantitative estimate of drug-likeness (QED) is 0.498. The Balaban J connectivity index is 3.50. The number of carbonyl (C=O) groups excluding carboxylic acids is 1. The molecule has 76 valence electrons. The van der Waals surface area contributed by atoms with Gasteiger partial charge in [0.15, 0.2) is 0 Å². The Morgan fingerprint density at radius 3 is 2.62 bits per heavy atom. The van der Waals surface area contributed by atoms with Crippen LogP contribution in [0.5, 0.6) is 0 Å². The first-order valence-electron chi connectivity index (χ1n) is 4.71. The van der Waals surface area contributed by atoms with Gasteiger partial charge in [-0.25, -0.2) is 0 Å². The lowest BCUT2D eigenvalue weighted by Crippen LogP contribution is -2.25. The topological polar surface area (TPSA) is 40.5 Å². The van der Waals surface area contributed by atoms with Gasteiger partial charge in [-0.3, -0.25) is 4.79 Å². The van der Waals surface area contributed by atoms with E-state index in [2.05, 4.69) is 0 Å². The Labute approximate surface area is 80.0 Å². The second-order valence-electron chi connectivity index (χ2n) is 3.04. The van der Waals surface area contributed by atoms with E-state index in [1.54, 1.807) is 24.1 Å². The molecule has 0 aromatic carbocycles. The Hall–Kier alpha value is -0.830. The van der Waals surface area contributed by atoms with Gasteiger partial charge in [0.25, 0.3) is 0 Å². The maximum Gasteiger partial charge on any atom is 0.245 e. The summed E-state index contributed by atoms with van der Waals surface area (Å²) in [5.41, 5.74) is 0. The number of unbranched alkanes of at least 4 members (excludes halogenated alkanes) is 2. The summed E-state index contributed by atoms with van der Waals surface area (Å²) in [6.07, 6.45) is 6.06. The fourth-order valence-electron chi connectivity index (χ4n) is 1.02. The molecule has 1 N–H and O–H groups in total. The first kappa shape index (κ1) is 12.2. The number of amides is 1. The van der Waals surface area contributed by atoms with E-state index in [1.165, 1.54) is 0 Å². The molecule has 0 heterocycles. The highest BCUT2D eigenvalue weighted by molar-refractivity contribution is 5.87. The molecule has 3 nitrogen and oxygen atoms in total. The van der Waals surface area contributed by atoms with Crippen LogP contribution in [0.15, 0.2) is 12.2 Å². The molecule has 0 rings (SSSR count). The van der Waals surface area contributed by atoms with Gasteiger partial charge in [0.2, 0.25) is 5.91 Å². The molecule has 0 aromatic rings. The SMILES string of the molecule is C/C=C/C(=O)N(C)CCCCCO. The number of likely N-dealkylation sites (N-methyl/N-ethyl adjacent to an activating group) is 1. The van der Waals surface area contributed by atoms with Gasteiger partial charge in [-0.1, -0.05) is 6.08 Å². The van der Waals surface area contributed by atoms with Crippen LogP contribution in [0.1, 0.15) is 26.2 Å². The molecule has 0 bridgehead atoms. The van der Waals surface area contributed by atoms with Gasteiger partial charge < -0.3 is 10.0 Å². The highest BCUT2D eigenvalue weighted by Crippen LogP contribution is 1.97. The molecule has 13 heavy (non-hydrogen) atoms. The average Bonchev–Trinajstić information content (AvgIpc) is 2.12. The monoisotopic (exact) mass is 185 g/mol. The number of hydrogen-bond acceptors (Lipinski definition) is 2. The van der Waals surface area contributed by atoms with E-state index in [0.717, 1.165) is 25.8 Å². The summed E-state index contributed by atoms with van der Waals surface area (Å²) in [6, 6.07) is 0. The lowest BCUT2D eigenvalue weighted by atomic mass is 10.2. The van der Waals surface area contributed by atoms with Crippen molar-refractivity contribution in [3.63, 3.8) is 0 Å². The number of aliphatic hydroxyl groups is 1. The van der Waals surface area contributed by atoms with Gasteiger partial charge in [-0.15, -0.1) is 0 Å². The number of carbonyl (C=O) groups is 1. The van der Waals surface area contributed by atoms with Gasteiger partial charge in [-0.05, 0) is 32.3 Å². The number of nitrogens with zero attached hydrogens (tertiary/aromatic N) is 1. The third-order valence-corrected chi connectivity index (χ3v) is 1.84. The Kier molecular flexibility index (Phi) is 7.30. The fourth-order valence-corrected chi connectivity index (χ4v) is 1.02. The van der Waals surface area contributed by atoms with Crippen molar-refractivity contribution in [3.8, 4) is 0 Å². The summed E-state index contributed by atoms with van der Waals surface area (Å²) >= 11 is 0. The third-order valence-electron chi connectivity index (χ3n) is 1.84. The smallest absolute Gasteiger partial charge is 0.245 e. The zero-order chi connectivity index (χ0) is 10.1. The maximum atomic E-state index is 11.2. The highest BCUT2D eigenvalue weighted by atomic mass is 16.2. The number of rotatable bonds is 6. The van der Waals surface area contributed by atoms with Crippen LogP contribution in [-0.2, 0) is 4.79 Å². The standard InChI is InChI=1S/C10H19NO2/c1-3-7-10(13)11(2)8-5-4-6-9-12/h3,7,12H,4-6,8-9H2,1-2H3/b7-3+. The minimum absolute atomic E-state index is 0.0477. The van der Waals surface area contributed by atoms with Crippen LogP contribution in [0.25, 0.3) is 0 Å². The van der Waals surface area contributed by atoms with Crippen molar-refractivity contribution in [2.75, 3.05) is 20.2 Å². The van der Waals surface area contributed by atoms with Crippen molar-refractivity contribution in [1.82, 2.24) is 4.90 Å². The molecule has 0 aliphatic rings. The van der Waals surface area contributed by atoms with E-state index in [9.17, 15) is 4.79 Å². The number of hydrogen-bond donors (Lipinski definition) is 1. The molecule has 0 aliphatic carbocycles. The average molecular weight is 185 g/mol. The molecule has 0 saturated heterocycles. The minimum Gasteiger partial charge on any atom is -0.396 e. The summed E-state index contributed by atoms with van der Waals surface area (Å²) in [7, 11) is 1.79. The number of aliphatic hydroxyl groups excluding tert-OH is 1. The van der Waals surface area contributed by atoms with Crippen molar-refractivity contribution in [3.05, 3.63) is 12.2 Å². The first-order chi connectivity index (χ1) is 6.22. The van der Waals surface area contributed by atoms with Crippen LogP contribution < -0.4 is 0 Å². The van der Waals surface area contributed by atoms with Crippen molar-refractivity contribution in [2.24, 2.45) is 0 Å². The first-order valence-corrected chi connectivity index (χ1v) is 4.71. The summed E-state index contributed by atoms with van der Waals surface area (Å²) in [5.74, 6) is 0.0477. The Bertz CT molecular complexity index is 166. The van der Waals surface area contributed by atoms with Crippen LogP contribution >= 0.6 is 0 Å². The molecule has 0 saturated carbocycles. The van der Waals surface area contributed by atoms with E-state index in [0.29, 0.717) is 0 Å². The Morgan fingerprint density at radius 2 is 2.08 bits per heavy atom. The van der Waals surface area contributed by atoms with Crippen molar-refractivity contribution < 1.29 is 9.90 Å². The minimum atomic E-state index is 0.0477. The molecular formula is C10H19NO2. The molecule has 0 radical (unpaired) electrons. The largest absolute Gasteiger partial charge is 0.396 e. The molecular weight excluding hydrogens is 166 g/mol. The van der Waals surface area contributed by atoms with Gasteiger partial charge in [0.1, 0.15) is 0 Å². The molecule has 1 amide bonds. The highest BCUT2D eigenvalue weighted by Gasteiger charge is 2.02. The molecule has 3 heteroatoms. The van der Waals surface area contributed by atoms with Crippen molar-refractivity contribution in [2.45, 2.75) is 26.2 Å². The summed E-state index contributed by atoms with van der Waals surface area (Å²) in [4.78, 5) is 12.9. The predicted molar refractivity (Wildman–Crippen MR) is 53.4 cm³/mol. The molecule has 0 fully saturated rings. The van der Waals surface area contributed by atoms with Gasteiger partial charge in [0, 0.05) is 20.2 Å². The van der Waals surface area contributed by atoms with E-state index >= 15 is 0 Å². The van der Waals surface area contributed by atoms with Crippen LogP contribution in [0.3, 0.4) is 0 Å². The molecule has 0 unspecified atom stereocenters. The fraction of sp³-hybridized carbons (Fsp3) is 0.700. The molecule has 0 spiro atoms. The summed E-state index contributed by atoms with van der Waals surface area (Å²) in [6.45, 7) is 2.84. The van der Waals surface area contributed by atoms with E-state index in [-0.39, 0.29) is 12.5 Å². The van der Waals surface area contributed by atoms with Crippen molar-refractivity contribution in [1.29, 1.82) is 0 Å². The number of allylic oxidation sites excluding steroid dienone is 1. The van der Waals surface area contributed by atoms with Gasteiger partial charge >= 0.3 is 0 Å². The molecule has 0 aromatic heterocycles. The normalized spacial score (nSPS) is 10.7.